The Morgan fingerprint density at radius 2 is 1.88 bits per heavy atom. The van der Waals surface area contributed by atoms with Gasteiger partial charge in [-0.15, -0.1) is 0 Å². The highest BCUT2D eigenvalue weighted by molar-refractivity contribution is 6.32. The summed E-state index contributed by atoms with van der Waals surface area (Å²) in [6.45, 7) is 0.346. The number of rotatable bonds is 7. The Morgan fingerprint density at radius 1 is 1.21 bits per heavy atom. The van der Waals surface area contributed by atoms with E-state index in [0.717, 1.165) is 55.6 Å². The van der Waals surface area contributed by atoms with Crippen LogP contribution in [0, 0.1) is 11.6 Å². The number of halogens is 3. The van der Waals surface area contributed by atoms with Crippen molar-refractivity contribution in [1.29, 1.82) is 0 Å². The lowest BCUT2D eigenvalue weighted by molar-refractivity contribution is 0.152. The summed E-state index contributed by atoms with van der Waals surface area (Å²) in [4.78, 5) is 20.3. The Labute approximate surface area is 200 Å². The molecule has 2 heterocycles. The van der Waals surface area contributed by atoms with E-state index < -0.39 is 17.7 Å². The second kappa shape index (κ2) is 10.5. The van der Waals surface area contributed by atoms with Crippen molar-refractivity contribution >= 4 is 23.5 Å². The Bertz CT molecular complexity index is 1160. The molecule has 1 saturated carbocycles. The molecule has 0 unspecified atom stereocenters. The third-order valence-corrected chi connectivity index (χ3v) is 6.43. The summed E-state index contributed by atoms with van der Waals surface area (Å²) in [5.74, 6) is -1.33. The second-order valence-electron chi connectivity index (χ2n) is 8.49. The molecule has 1 amide bonds. The van der Waals surface area contributed by atoms with E-state index in [2.05, 4.69) is 15.1 Å². The first-order valence-corrected chi connectivity index (χ1v) is 11.7. The summed E-state index contributed by atoms with van der Waals surface area (Å²) in [5, 5.41) is 13.1. The molecular weight excluding hydrogens is 468 g/mol. The van der Waals surface area contributed by atoms with Gasteiger partial charge in [0, 0.05) is 37.2 Å². The molecule has 3 aromatic rings. The molecule has 11 heteroatoms. The fourth-order valence-corrected chi connectivity index (χ4v) is 4.72. The van der Waals surface area contributed by atoms with Crippen LogP contribution in [0.3, 0.4) is 0 Å². The SMILES string of the molecule is CN(CCCOc1cc(F)c(-c2c(Cl)nc3ncnn3c2C2CCCCCC2)c(F)c1)C(=O)O. The van der Waals surface area contributed by atoms with Crippen molar-refractivity contribution in [3.05, 3.63) is 40.9 Å². The number of carbonyl (C=O) groups is 1. The summed E-state index contributed by atoms with van der Waals surface area (Å²) >= 11 is 6.49. The standard InChI is InChI=1S/C23H26ClF2N5O3/c1-30(23(32)33)9-6-10-34-15-11-16(25)18(17(26)12-15)19-20(14-7-4-2-3-5-8-14)31-22(27-13-28-31)29-21(19)24/h11-14H,2-10H2,1H3,(H,32,33). The average molecular weight is 494 g/mol. The highest BCUT2D eigenvalue weighted by Crippen LogP contribution is 2.42. The van der Waals surface area contributed by atoms with Crippen LogP contribution < -0.4 is 4.74 Å². The first-order valence-electron chi connectivity index (χ1n) is 11.3. The van der Waals surface area contributed by atoms with Crippen LogP contribution >= 0.6 is 11.6 Å². The van der Waals surface area contributed by atoms with Gasteiger partial charge in [0.2, 0.25) is 0 Å². The molecule has 0 atom stereocenters. The van der Waals surface area contributed by atoms with Gasteiger partial charge in [0.15, 0.2) is 0 Å². The van der Waals surface area contributed by atoms with Gasteiger partial charge in [-0.05, 0) is 19.3 Å². The molecule has 34 heavy (non-hydrogen) atoms. The lowest BCUT2D eigenvalue weighted by atomic mass is 9.90. The zero-order valence-corrected chi connectivity index (χ0v) is 19.6. The molecular formula is C23H26ClF2N5O3. The van der Waals surface area contributed by atoms with Crippen LogP contribution in [0.5, 0.6) is 5.75 Å². The molecule has 1 N–H and O–H groups in total. The first kappa shape index (κ1) is 24.1. The Kier molecular flexibility index (Phi) is 7.45. The zero-order valence-electron chi connectivity index (χ0n) is 18.8. The minimum atomic E-state index is -1.05. The van der Waals surface area contributed by atoms with Gasteiger partial charge in [-0.3, -0.25) is 0 Å². The van der Waals surface area contributed by atoms with E-state index in [9.17, 15) is 4.79 Å². The Hall–Kier alpha value is -3.01. The largest absolute Gasteiger partial charge is 0.493 e. The van der Waals surface area contributed by atoms with Gasteiger partial charge in [-0.25, -0.2) is 18.1 Å². The maximum absolute atomic E-state index is 15.3. The Morgan fingerprint density at radius 3 is 2.53 bits per heavy atom. The van der Waals surface area contributed by atoms with Crippen molar-refractivity contribution in [2.24, 2.45) is 0 Å². The van der Waals surface area contributed by atoms with Crippen molar-refractivity contribution in [3.8, 4) is 16.9 Å². The van der Waals surface area contributed by atoms with Crippen molar-refractivity contribution in [2.45, 2.75) is 50.9 Å². The molecule has 1 aliphatic carbocycles. The van der Waals surface area contributed by atoms with Gasteiger partial charge in [0.25, 0.3) is 5.78 Å². The van der Waals surface area contributed by atoms with Crippen LogP contribution in [0.25, 0.3) is 16.9 Å². The monoisotopic (exact) mass is 493 g/mol. The van der Waals surface area contributed by atoms with Gasteiger partial charge in [0.05, 0.1) is 17.9 Å². The van der Waals surface area contributed by atoms with Crippen molar-refractivity contribution in [3.63, 3.8) is 0 Å². The van der Waals surface area contributed by atoms with Gasteiger partial charge >= 0.3 is 6.09 Å². The van der Waals surface area contributed by atoms with Gasteiger partial charge < -0.3 is 14.7 Å². The second-order valence-corrected chi connectivity index (χ2v) is 8.85. The Balaban J connectivity index is 1.68. The van der Waals surface area contributed by atoms with Crippen molar-refractivity contribution in [1.82, 2.24) is 24.5 Å². The number of hydrogen-bond acceptors (Lipinski definition) is 5. The lowest BCUT2D eigenvalue weighted by Crippen LogP contribution is -2.26. The van der Waals surface area contributed by atoms with E-state index in [4.69, 9.17) is 21.4 Å². The molecule has 0 spiro atoms. The van der Waals surface area contributed by atoms with E-state index >= 15 is 8.78 Å². The average Bonchev–Trinajstić information content (AvgIpc) is 3.08. The molecule has 0 bridgehead atoms. The molecule has 0 radical (unpaired) electrons. The number of amides is 1. The molecule has 2 aromatic heterocycles. The quantitative estimate of drug-likeness (QED) is 0.264. The lowest BCUT2D eigenvalue weighted by Gasteiger charge is -2.21. The van der Waals surface area contributed by atoms with Gasteiger partial charge in [0.1, 0.15) is 28.9 Å². The summed E-state index contributed by atoms with van der Waals surface area (Å²) < 4.78 is 37.7. The van der Waals surface area contributed by atoms with Gasteiger partial charge in [-0.2, -0.15) is 15.1 Å². The highest BCUT2D eigenvalue weighted by atomic mass is 35.5. The predicted octanol–water partition coefficient (Wildman–Crippen LogP) is 5.54. The van der Waals surface area contributed by atoms with Crippen LogP contribution in [0.2, 0.25) is 5.15 Å². The minimum absolute atomic E-state index is 0.0126. The number of carboxylic acid groups (broad SMARTS) is 1. The van der Waals surface area contributed by atoms with Crippen LogP contribution in [0.4, 0.5) is 13.6 Å². The summed E-state index contributed by atoms with van der Waals surface area (Å²) in [7, 11) is 1.44. The zero-order chi connectivity index (χ0) is 24.2. The maximum atomic E-state index is 15.3. The van der Waals surface area contributed by atoms with Crippen LogP contribution in [0.1, 0.15) is 56.6 Å². The van der Waals surface area contributed by atoms with Crippen LogP contribution in [0.15, 0.2) is 18.5 Å². The topological polar surface area (TPSA) is 92.9 Å². The van der Waals surface area contributed by atoms with Crippen molar-refractivity contribution in [2.75, 3.05) is 20.2 Å². The van der Waals surface area contributed by atoms with E-state index in [-0.39, 0.29) is 41.1 Å². The smallest absolute Gasteiger partial charge is 0.407 e. The number of ether oxygens (including phenoxy) is 1. The molecule has 182 valence electrons. The van der Waals surface area contributed by atoms with E-state index in [1.54, 1.807) is 4.52 Å². The fourth-order valence-electron chi connectivity index (χ4n) is 4.46. The van der Waals surface area contributed by atoms with E-state index in [1.165, 1.54) is 13.4 Å². The van der Waals surface area contributed by atoms with Crippen LogP contribution in [-0.2, 0) is 0 Å². The third kappa shape index (κ3) is 5.06. The molecule has 1 aromatic carbocycles. The molecule has 1 fully saturated rings. The fraction of sp³-hybridized carbons (Fsp3) is 0.478. The summed E-state index contributed by atoms with van der Waals surface area (Å²) in [6, 6.07) is 2.22. The number of nitrogens with zero attached hydrogens (tertiary/aromatic N) is 5. The minimum Gasteiger partial charge on any atom is -0.493 e. The number of benzene rings is 1. The van der Waals surface area contributed by atoms with Crippen molar-refractivity contribution < 1.29 is 23.4 Å². The molecule has 8 nitrogen and oxygen atoms in total. The number of fused-ring (bicyclic) bond motifs is 1. The number of aromatic nitrogens is 4. The normalized spacial score (nSPS) is 14.8. The number of hydrogen-bond donors (Lipinski definition) is 1. The molecule has 4 rings (SSSR count). The summed E-state index contributed by atoms with van der Waals surface area (Å²) in [6.07, 6.45) is 6.64. The maximum Gasteiger partial charge on any atom is 0.407 e. The first-order chi connectivity index (χ1) is 16.4. The third-order valence-electron chi connectivity index (χ3n) is 6.16. The molecule has 0 saturated heterocycles. The molecule has 0 aliphatic heterocycles. The van der Waals surface area contributed by atoms with Gasteiger partial charge in [-0.1, -0.05) is 37.3 Å². The van der Waals surface area contributed by atoms with E-state index in [0.29, 0.717) is 17.9 Å². The molecule has 1 aliphatic rings. The predicted molar refractivity (Wildman–Crippen MR) is 122 cm³/mol. The van der Waals surface area contributed by atoms with E-state index in [1.807, 2.05) is 0 Å². The highest BCUT2D eigenvalue weighted by Gasteiger charge is 2.29. The summed E-state index contributed by atoms with van der Waals surface area (Å²) in [5.41, 5.74) is 0.542. The van der Waals surface area contributed by atoms with Crippen LogP contribution in [-0.4, -0.2) is 55.9 Å².